The van der Waals surface area contributed by atoms with Crippen LogP contribution in [0.4, 0.5) is 0 Å². The highest BCUT2D eigenvalue weighted by Gasteiger charge is 2.09. The van der Waals surface area contributed by atoms with E-state index in [1.807, 2.05) is 0 Å². The fraction of sp³-hybridized carbons (Fsp3) is 0.750. The van der Waals surface area contributed by atoms with Crippen LogP contribution in [0.25, 0.3) is 0 Å². The molecule has 248 valence electrons. The predicted molar refractivity (Wildman–Crippen MR) is 188 cm³/mol. The van der Waals surface area contributed by atoms with Crippen molar-refractivity contribution < 1.29 is 14.3 Å². The minimum absolute atomic E-state index is 0.308. The highest BCUT2D eigenvalue weighted by Crippen LogP contribution is 2.14. The van der Waals surface area contributed by atoms with Gasteiger partial charge in [-0.2, -0.15) is 0 Å². The Morgan fingerprint density at radius 2 is 0.674 bits per heavy atom. The van der Waals surface area contributed by atoms with E-state index in [2.05, 4.69) is 62.5 Å². The molecule has 0 heterocycles. The smallest absolute Gasteiger partial charge is 0.313 e. The number of ether oxygens (including phenoxy) is 1. The Kier molecular flexibility index (Phi) is 34.7. The number of unbranched alkanes of at least 4 members (excludes halogenated alkanes) is 20. The van der Waals surface area contributed by atoms with Gasteiger partial charge in [0.15, 0.2) is 0 Å². The van der Waals surface area contributed by atoms with Crippen LogP contribution in [-0.2, 0) is 14.3 Å². The molecule has 0 aromatic rings. The SMILES string of the molecule is CCCCCC=CCC=CCC=CCC=CCCCC(=O)OC(=O)CCCCCCCCCCCCCCCCCCC. The Morgan fingerprint density at radius 1 is 0.372 bits per heavy atom. The maximum atomic E-state index is 11.9. The summed E-state index contributed by atoms with van der Waals surface area (Å²) in [5.74, 6) is -0.739. The molecule has 0 aromatic carbocycles. The number of hydrogen-bond acceptors (Lipinski definition) is 3. The first-order valence-corrected chi connectivity index (χ1v) is 18.5. The largest absolute Gasteiger partial charge is 0.393 e. The molecule has 0 aliphatic heterocycles. The Labute approximate surface area is 268 Å². The van der Waals surface area contributed by atoms with Crippen LogP contribution >= 0.6 is 0 Å². The first kappa shape index (κ1) is 41.1. The number of hydrogen-bond donors (Lipinski definition) is 0. The molecule has 0 fully saturated rings. The number of carbonyl (C=O) groups is 2. The third-order valence-electron chi connectivity index (χ3n) is 7.92. The van der Waals surface area contributed by atoms with Crippen molar-refractivity contribution in [1.29, 1.82) is 0 Å². The summed E-state index contributed by atoms with van der Waals surface area (Å²) in [5.41, 5.74) is 0. The van der Waals surface area contributed by atoms with Crippen LogP contribution in [-0.4, -0.2) is 11.9 Å². The van der Waals surface area contributed by atoms with Crippen molar-refractivity contribution in [3.05, 3.63) is 48.6 Å². The molecule has 0 unspecified atom stereocenters. The summed E-state index contributed by atoms with van der Waals surface area (Å²) in [6.45, 7) is 4.52. The first-order valence-electron chi connectivity index (χ1n) is 18.5. The molecule has 0 bridgehead atoms. The van der Waals surface area contributed by atoms with Crippen molar-refractivity contribution in [2.45, 2.75) is 194 Å². The van der Waals surface area contributed by atoms with Gasteiger partial charge in [-0.3, -0.25) is 9.59 Å². The highest BCUT2D eigenvalue weighted by molar-refractivity contribution is 5.85. The van der Waals surface area contributed by atoms with E-state index in [1.54, 1.807) is 0 Å². The van der Waals surface area contributed by atoms with E-state index in [0.29, 0.717) is 12.8 Å². The average Bonchev–Trinajstić information content (AvgIpc) is 3.00. The fourth-order valence-electron chi connectivity index (χ4n) is 5.15. The van der Waals surface area contributed by atoms with Gasteiger partial charge in [-0.25, -0.2) is 0 Å². The lowest BCUT2D eigenvalue weighted by atomic mass is 10.0. The molecule has 43 heavy (non-hydrogen) atoms. The van der Waals surface area contributed by atoms with Crippen LogP contribution in [0.3, 0.4) is 0 Å². The molecule has 0 atom stereocenters. The van der Waals surface area contributed by atoms with Gasteiger partial charge in [0.2, 0.25) is 0 Å². The second-order valence-electron chi connectivity index (χ2n) is 12.2. The molecule has 0 aliphatic rings. The molecule has 0 radical (unpaired) electrons. The van der Waals surface area contributed by atoms with Crippen molar-refractivity contribution in [3.63, 3.8) is 0 Å². The molecule has 0 spiro atoms. The predicted octanol–water partition coefficient (Wildman–Crippen LogP) is 13.2. The van der Waals surface area contributed by atoms with Crippen molar-refractivity contribution >= 4 is 11.9 Å². The van der Waals surface area contributed by atoms with Crippen molar-refractivity contribution in [2.24, 2.45) is 0 Å². The molecule has 0 rings (SSSR count). The van der Waals surface area contributed by atoms with Crippen LogP contribution in [0.1, 0.15) is 194 Å². The minimum Gasteiger partial charge on any atom is -0.393 e. The van der Waals surface area contributed by atoms with Gasteiger partial charge in [0.25, 0.3) is 0 Å². The van der Waals surface area contributed by atoms with Crippen LogP contribution in [0.2, 0.25) is 0 Å². The van der Waals surface area contributed by atoms with Gasteiger partial charge in [0, 0.05) is 12.8 Å². The van der Waals surface area contributed by atoms with Gasteiger partial charge in [0.05, 0.1) is 0 Å². The summed E-state index contributed by atoms with van der Waals surface area (Å²) in [6.07, 6.45) is 50.2. The number of carbonyl (C=O) groups excluding carboxylic acids is 2. The van der Waals surface area contributed by atoms with E-state index < -0.39 is 0 Å². The van der Waals surface area contributed by atoms with Gasteiger partial charge in [0.1, 0.15) is 0 Å². The lowest BCUT2D eigenvalue weighted by Crippen LogP contribution is -2.11. The maximum Gasteiger partial charge on any atom is 0.313 e. The second kappa shape index (κ2) is 36.3. The Balaban J connectivity index is 3.44. The Hall–Kier alpha value is -1.90. The van der Waals surface area contributed by atoms with Crippen molar-refractivity contribution in [2.75, 3.05) is 0 Å². The third kappa shape index (κ3) is 36.2. The van der Waals surface area contributed by atoms with Gasteiger partial charge in [-0.1, -0.05) is 178 Å². The second-order valence-corrected chi connectivity index (χ2v) is 12.2. The van der Waals surface area contributed by atoms with E-state index in [-0.39, 0.29) is 11.9 Å². The molecular formula is C40H70O3. The molecule has 0 aromatic heterocycles. The summed E-state index contributed by atoms with van der Waals surface area (Å²) in [5, 5.41) is 0. The molecule has 3 heteroatoms. The number of esters is 2. The molecular weight excluding hydrogens is 528 g/mol. The standard InChI is InChI=1S/C40H70O3/c1-3-5-7-9-11-13-15-17-19-21-23-25-27-29-31-33-35-37-39(41)43-40(42)38-36-34-32-30-28-26-24-22-20-18-16-14-12-10-8-6-4-2/h11,13,17,19,23,25,29,31H,3-10,12,14-16,18,20-22,24,26-28,30,32-38H2,1-2H3. The van der Waals surface area contributed by atoms with Gasteiger partial charge >= 0.3 is 11.9 Å². The molecule has 0 aliphatic carbocycles. The quantitative estimate of drug-likeness (QED) is 0.0335. The maximum absolute atomic E-state index is 11.9. The summed E-state index contributed by atoms with van der Waals surface area (Å²) in [6, 6.07) is 0. The number of rotatable bonds is 32. The summed E-state index contributed by atoms with van der Waals surface area (Å²) < 4.78 is 4.98. The number of allylic oxidation sites excluding steroid dienone is 8. The minimum atomic E-state index is -0.382. The summed E-state index contributed by atoms with van der Waals surface area (Å²) >= 11 is 0. The highest BCUT2D eigenvalue weighted by atomic mass is 16.6. The summed E-state index contributed by atoms with van der Waals surface area (Å²) in [7, 11) is 0. The molecule has 0 saturated heterocycles. The normalized spacial score (nSPS) is 12.0. The monoisotopic (exact) mass is 599 g/mol. The van der Waals surface area contributed by atoms with E-state index >= 15 is 0 Å². The Bertz CT molecular complexity index is 715. The molecule has 0 saturated carbocycles. The van der Waals surface area contributed by atoms with Crippen molar-refractivity contribution in [1.82, 2.24) is 0 Å². The Morgan fingerprint density at radius 3 is 1.09 bits per heavy atom. The van der Waals surface area contributed by atoms with Gasteiger partial charge in [-0.05, 0) is 51.4 Å². The first-order chi connectivity index (χ1) is 21.2. The van der Waals surface area contributed by atoms with E-state index in [9.17, 15) is 9.59 Å². The fourth-order valence-corrected chi connectivity index (χ4v) is 5.15. The topological polar surface area (TPSA) is 43.4 Å². The zero-order valence-electron chi connectivity index (χ0n) is 28.6. The van der Waals surface area contributed by atoms with Crippen LogP contribution in [0.5, 0.6) is 0 Å². The third-order valence-corrected chi connectivity index (χ3v) is 7.92. The van der Waals surface area contributed by atoms with Crippen LogP contribution in [0, 0.1) is 0 Å². The molecule has 0 amide bonds. The van der Waals surface area contributed by atoms with E-state index in [1.165, 1.54) is 122 Å². The van der Waals surface area contributed by atoms with E-state index in [0.717, 1.165) is 44.9 Å². The zero-order chi connectivity index (χ0) is 31.3. The lowest BCUT2D eigenvalue weighted by Gasteiger charge is -2.04. The molecule has 0 N–H and O–H groups in total. The lowest BCUT2D eigenvalue weighted by molar-refractivity contribution is -0.159. The van der Waals surface area contributed by atoms with E-state index in [4.69, 9.17) is 4.74 Å². The summed E-state index contributed by atoms with van der Waals surface area (Å²) in [4.78, 5) is 23.8. The van der Waals surface area contributed by atoms with Crippen molar-refractivity contribution in [3.8, 4) is 0 Å². The van der Waals surface area contributed by atoms with Gasteiger partial charge < -0.3 is 4.74 Å². The molecule has 3 nitrogen and oxygen atoms in total. The van der Waals surface area contributed by atoms with Crippen LogP contribution in [0.15, 0.2) is 48.6 Å². The zero-order valence-corrected chi connectivity index (χ0v) is 28.6. The van der Waals surface area contributed by atoms with Crippen LogP contribution < -0.4 is 0 Å². The van der Waals surface area contributed by atoms with Gasteiger partial charge in [-0.15, -0.1) is 0 Å². The average molecular weight is 599 g/mol.